The molecule has 1 fully saturated rings. The maximum Gasteiger partial charge on any atom is 0.158 e. The second-order valence-electron chi connectivity index (χ2n) is 5.03. The molecule has 1 aliphatic rings. The van der Waals surface area contributed by atoms with E-state index in [1.165, 1.54) is 11.8 Å². The van der Waals surface area contributed by atoms with Crippen LogP contribution in [0.3, 0.4) is 0 Å². The molecule has 3 N–H and O–H groups in total. The average molecular weight is 290 g/mol. The Morgan fingerprint density at radius 3 is 2.63 bits per heavy atom. The maximum atomic E-state index is 9.87. The van der Waals surface area contributed by atoms with Crippen LogP contribution < -0.4 is 0 Å². The summed E-state index contributed by atoms with van der Waals surface area (Å²) in [5.74, 6) is 0. The Morgan fingerprint density at radius 2 is 2.05 bits per heavy atom. The van der Waals surface area contributed by atoms with Crippen LogP contribution in [0, 0.1) is 5.41 Å². The molecule has 6 heteroatoms. The van der Waals surface area contributed by atoms with Crippen molar-refractivity contribution >= 4 is 16.9 Å². The predicted octanol–water partition coefficient (Wildman–Crippen LogP) is 1.63. The molecule has 0 saturated carbocycles. The molecular weight excluding hydrogens is 264 g/mol. The number of aliphatic hydroxyl groups excluding tert-OH is 2. The molecule has 0 aliphatic carbocycles. The normalized spacial score (nSPS) is 31.2. The lowest BCUT2D eigenvalue weighted by atomic mass is 9.99. The van der Waals surface area contributed by atoms with Gasteiger partial charge in [0.25, 0.3) is 0 Å². The highest BCUT2D eigenvalue weighted by Crippen LogP contribution is 2.30. The van der Waals surface area contributed by atoms with Gasteiger partial charge in [0.1, 0.15) is 11.5 Å². The first kappa shape index (κ1) is 16.8. The number of ether oxygens (including phenoxy) is 1. The molecule has 0 aromatic heterocycles. The Kier molecular flexibility index (Phi) is 7.13. The van der Waals surface area contributed by atoms with Gasteiger partial charge >= 0.3 is 0 Å². The van der Waals surface area contributed by atoms with Crippen molar-refractivity contribution in [2.75, 3.05) is 13.6 Å². The molecule has 0 bridgehead atoms. The second-order valence-corrected chi connectivity index (χ2v) is 6.18. The second kappa shape index (κ2) is 8.09. The van der Waals surface area contributed by atoms with Gasteiger partial charge in [-0.2, -0.15) is 0 Å². The molecule has 1 saturated heterocycles. The molecule has 0 aromatic carbocycles. The van der Waals surface area contributed by atoms with Gasteiger partial charge in [-0.05, 0) is 12.8 Å². The van der Waals surface area contributed by atoms with Crippen molar-refractivity contribution < 1.29 is 14.9 Å². The summed E-state index contributed by atoms with van der Waals surface area (Å²) < 4.78 is 5.79. The van der Waals surface area contributed by atoms with Crippen molar-refractivity contribution in [3.63, 3.8) is 0 Å². The van der Waals surface area contributed by atoms with Gasteiger partial charge in [-0.15, -0.1) is 0 Å². The summed E-state index contributed by atoms with van der Waals surface area (Å²) in [7, 11) is 1.89. The van der Waals surface area contributed by atoms with Crippen molar-refractivity contribution in [3.8, 4) is 0 Å². The van der Waals surface area contributed by atoms with Crippen LogP contribution in [0.2, 0.25) is 0 Å². The van der Waals surface area contributed by atoms with E-state index in [1.54, 1.807) is 0 Å². The summed E-state index contributed by atoms with van der Waals surface area (Å²) in [5.41, 5.74) is -0.248. The zero-order valence-corrected chi connectivity index (χ0v) is 12.8. The number of hydrogen-bond donors (Lipinski definition) is 3. The Bertz CT molecular complexity index is 291. The zero-order valence-electron chi connectivity index (χ0n) is 12.0. The third kappa shape index (κ3) is 4.95. The van der Waals surface area contributed by atoms with Crippen molar-refractivity contribution in [1.29, 1.82) is 5.41 Å². The van der Waals surface area contributed by atoms with Crippen LogP contribution in [0.25, 0.3) is 0 Å². The van der Waals surface area contributed by atoms with E-state index in [0.29, 0.717) is 11.6 Å². The van der Waals surface area contributed by atoms with Crippen molar-refractivity contribution in [2.24, 2.45) is 0 Å². The molecule has 0 spiro atoms. The lowest BCUT2D eigenvalue weighted by Gasteiger charge is -2.37. The van der Waals surface area contributed by atoms with E-state index in [0.717, 1.165) is 25.8 Å². The van der Waals surface area contributed by atoms with Gasteiger partial charge in [0.2, 0.25) is 0 Å². The van der Waals surface area contributed by atoms with E-state index >= 15 is 0 Å². The van der Waals surface area contributed by atoms with Crippen LogP contribution in [-0.2, 0) is 4.74 Å². The lowest BCUT2D eigenvalue weighted by Crippen LogP contribution is -2.47. The maximum absolute atomic E-state index is 9.87. The molecule has 5 nitrogen and oxygen atoms in total. The van der Waals surface area contributed by atoms with Crippen LogP contribution >= 0.6 is 11.8 Å². The monoisotopic (exact) mass is 290 g/mol. The van der Waals surface area contributed by atoms with Gasteiger partial charge in [-0.3, -0.25) is 5.41 Å². The number of nitrogens with zero attached hydrogens (tertiary/aromatic N) is 1. The highest BCUT2D eigenvalue weighted by Gasteiger charge is 2.37. The van der Waals surface area contributed by atoms with Gasteiger partial charge in [0.15, 0.2) is 5.17 Å². The summed E-state index contributed by atoms with van der Waals surface area (Å²) in [6.45, 7) is 4.93. The predicted molar refractivity (Wildman–Crippen MR) is 78.4 cm³/mol. The summed E-state index contributed by atoms with van der Waals surface area (Å²) in [4.78, 5) is 1.88. The molecule has 2 unspecified atom stereocenters. The minimum atomic E-state index is -0.806. The molecule has 1 rings (SSSR count). The van der Waals surface area contributed by atoms with Crippen LogP contribution in [0.1, 0.15) is 39.5 Å². The van der Waals surface area contributed by atoms with Crippen molar-refractivity contribution in [3.05, 3.63) is 0 Å². The minimum absolute atomic E-state index is 0.248. The van der Waals surface area contributed by atoms with Gasteiger partial charge in [0, 0.05) is 20.0 Å². The summed E-state index contributed by atoms with van der Waals surface area (Å²) in [5, 5.41) is 28.2. The molecule has 0 aromatic rings. The van der Waals surface area contributed by atoms with E-state index in [9.17, 15) is 10.2 Å². The van der Waals surface area contributed by atoms with E-state index in [4.69, 9.17) is 10.1 Å². The number of hydrogen-bond acceptors (Lipinski definition) is 5. The van der Waals surface area contributed by atoms with Crippen LogP contribution in [-0.4, -0.2) is 57.6 Å². The number of amidine groups is 1. The Labute approximate surface area is 119 Å². The molecule has 1 aliphatic heterocycles. The van der Waals surface area contributed by atoms with Gasteiger partial charge in [0.05, 0.1) is 12.2 Å². The molecule has 1 heterocycles. The average Bonchev–Trinajstić information content (AvgIpc) is 2.35. The fourth-order valence-corrected chi connectivity index (χ4v) is 3.18. The highest BCUT2D eigenvalue weighted by atomic mass is 32.2. The SMILES string of the molecule is CCCC1O[C@H](SC(=N)N(C)CCC)CC(O)[C@@H]1O. The Morgan fingerprint density at radius 1 is 1.37 bits per heavy atom. The first-order valence-corrected chi connectivity index (χ1v) is 7.85. The topological polar surface area (TPSA) is 76.8 Å². The van der Waals surface area contributed by atoms with Crippen LogP contribution in [0.5, 0.6) is 0 Å². The molecule has 0 radical (unpaired) electrons. The standard InChI is InChI=1S/C13H26N2O3S/c1-4-6-10-12(17)9(16)8-11(18-10)19-13(14)15(3)7-5-2/h9-12,14,16-17H,4-8H2,1-3H3/t9?,10?,11-,12+/m1/s1. The number of nitrogens with one attached hydrogen (secondary N) is 1. The van der Waals surface area contributed by atoms with E-state index in [1.807, 2.05) is 18.9 Å². The lowest BCUT2D eigenvalue weighted by molar-refractivity contribution is -0.146. The third-order valence-electron chi connectivity index (χ3n) is 3.26. The minimum Gasteiger partial charge on any atom is -0.390 e. The summed E-state index contributed by atoms with van der Waals surface area (Å²) >= 11 is 1.32. The van der Waals surface area contributed by atoms with Gasteiger partial charge in [-0.25, -0.2) is 0 Å². The first-order chi connectivity index (χ1) is 8.99. The fourth-order valence-electron chi connectivity index (χ4n) is 2.17. The largest absolute Gasteiger partial charge is 0.390 e. The van der Waals surface area contributed by atoms with Crippen LogP contribution in [0.15, 0.2) is 0 Å². The fraction of sp³-hybridized carbons (Fsp3) is 0.923. The van der Waals surface area contributed by atoms with Crippen molar-refractivity contribution in [2.45, 2.75) is 63.3 Å². The zero-order chi connectivity index (χ0) is 14.4. The molecule has 19 heavy (non-hydrogen) atoms. The van der Waals surface area contributed by atoms with E-state index in [2.05, 4.69) is 6.92 Å². The molecule has 112 valence electrons. The number of rotatable bonds is 5. The number of thioether (sulfide) groups is 1. The smallest absolute Gasteiger partial charge is 0.158 e. The van der Waals surface area contributed by atoms with Crippen LogP contribution in [0.4, 0.5) is 0 Å². The van der Waals surface area contributed by atoms with Gasteiger partial charge in [-0.1, -0.05) is 32.0 Å². The Balaban J connectivity index is 2.52. The van der Waals surface area contributed by atoms with E-state index in [-0.39, 0.29) is 11.5 Å². The highest BCUT2D eigenvalue weighted by molar-refractivity contribution is 8.14. The quantitative estimate of drug-likeness (QED) is 0.530. The summed E-state index contributed by atoms with van der Waals surface area (Å²) in [6.07, 6.45) is 1.10. The van der Waals surface area contributed by atoms with Gasteiger partial charge < -0.3 is 19.8 Å². The Hall–Kier alpha value is -0.300. The van der Waals surface area contributed by atoms with E-state index < -0.39 is 12.2 Å². The first-order valence-electron chi connectivity index (χ1n) is 6.97. The molecule has 4 atom stereocenters. The number of aliphatic hydroxyl groups is 2. The summed E-state index contributed by atoms with van der Waals surface area (Å²) in [6, 6.07) is 0. The van der Waals surface area contributed by atoms with Crippen molar-refractivity contribution in [1.82, 2.24) is 4.90 Å². The third-order valence-corrected chi connectivity index (χ3v) is 4.36. The molecule has 0 amide bonds. The molecular formula is C13H26N2O3S.